The molecule has 0 spiro atoms. The number of aryl methyl sites for hydroxylation is 1. The maximum absolute atomic E-state index is 12.0. The Bertz CT molecular complexity index is 691. The molecule has 0 aromatic carbocycles. The number of halogens is 2. The van der Waals surface area contributed by atoms with E-state index in [0.717, 1.165) is 0 Å². The van der Waals surface area contributed by atoms with Crippen molar-refractivity contribution in [2.75, 3.05) is 5.32 Å². The molecule has 0 saturated heterocycles. The summed E-state index contributed by atoms with van der Waals surface area (Å²) in [6, 6.07) is 3.48. The van der Waals surface area contributed by atoms with Crippen LogP contribution in [0.4, 0.5) is 5.82 Å². The SMILES string of the molecule is Cn1cc(C#N)c(NC(=O)c2cc(Br)cnc2Cl)n1. The van der Waals surface area contributed by atoms with Crippen molar-refractivity contribution in [1.29, 1.82) is 5.26 Å². The predicted octanol–water partition coefficient (Wildman–Crippen LogP) is 2.35. The van der Waals surface area contributed by atoms with Crippen LogP contribution in [0.3, 0.4) is 0 Å². The Morgan fingerprint density at radius 3 is 3.05 bits per heavy atom. The van der Waals surface area contributed by atoms with Gasteiger partial charge in [0.25, 0.3) is 5.91 Å². The minimum absolute atomic E-state index is 0.0788. The molecule has 0 aliphatic carbocycles. The molecule has 1 N–H and O–H groups in total. The zero-order valence-corrected chi connectivity index (χ0v) is 12.0. The average Bonchev–Trinajstić information content (AvgIpc) is 2.72. The van der Waals surface area contributed by atoms with Gasteiger partial charge in [0, 0.05) is 23.9 Å². The number of nitriles is 1. The summed E-state index contributed by atoms with van der Waals surface area (Å²) in [6.45, 7) is 0. The second-order valence-electron chi connectivity index (χ2n) is 3.62. The average molecular weight is 341 g/mol. The molecule has 2 heterocycles. The highest BCUT2D eigenvalue weighted by Gasteiger charge is 2.16. The fourth-order valence-corrected chi connectivity index (χ4v) is 1.94. The third-order valence-electron chi connectivity index (χ3n) is 2.23. The molecule has 2 aromatic rings. The van der Waals surface area contributed by atoms with Crippen molar-refractivity contribution in [2.45, 2.75) is 0 Å². The smallest absolute Gasteiger partial charge is 0.260 e. The zero-order chi connectivity index (χ0) is 14.0. The van der Waals surface area contributed by atoms with Gasteiger partial charge in [-0.05, 0) is 22.0 Å². The molecule has 19 heavy (non-hydrogen) atoms. The Kier molecular flexibility index (Phi) is 3.83. The van der Waals surface area contributed by atoms with Crippen molar-refractivity contribution in [2.24, 2.45) is 7.05 Å². The third kappa shape index (κ3) is 2.92. The lowest BCUT2D eigenvalue weighted by atomic mass is 10.2. The number of anilines is 1. The highest BCUT2D eigenvalue weighted by molar-refractivity contribution is 9.10. The normalized spacial score (nSPS) is 10.0. The van der Waals surface area contributed by atoms with Gasteiger partial charge >= 0.3 is 0 Å². The maximum atomic E-state index is 12.0. The fourth-order valence-electron chi connectivity index (χ4n) is 1.42. The number of hydrogen-bond donors (Lipinski definition) is 1. The highest BCUT2D eigenvalue weighted by atomic mass is 79.9. The molecule has 0 aliphatic rings. The Labute approximate surface area is 122 Å². The molecular weight excluding hydrogens is 334 g/mol. The van der Waals surface area contributed by atoms with Gasteiger partial charge in [-0.25, -0.2) is 4.98 Å². The Balaban J connectivity index is 2.31. The summed E-state index contributed by atoms with van der Waals surface area (Å²) in [4.78, 5) is 15.9. The van der Waals surface area contributed by atoms with E-state index >= 15 is 0 Å². The lowest BCUT2D eigenvalue weighted by Gasteiger charge is -2.04. The monoisotopic (exact) mass is 339 g/mol. The standard InChI is InChI=1S/C11H7BrClN5O/c1-18-5-6(3-14)10(17-18)16-11(19)8-2-7(12)4-15-9(8)13/h2,4-5H,1H3,(H,16,17,19). The number of carbonyl (C=O) groups is 1. The molecule has 8 heteroatoms. The maximum Gasteiger partial charge on any atom is 0.260 e. The minimum Gasteiger partial charge on any atom is -0.304 e. The second-order valence-corrected chi connectivity index (χ2v) is 4.90. The van der Waals surface area contributed by atoms with Crippen LogP contribution < -0.4 is 5.32 Å². The first-order chi connectivity index (χ1) is 9.01. The molecule has 0 aliphatic heterocycles. The topological polar surface area (TPSA) is 83.6 Å². The second kappa shape index (κ2) is 5.38. The van der Waals surface area contributed by atoms with Gasteiger partial charge < -0.3 is 5.32 Å². The number of amides is 1. The van der Waals surface area contributed by atoms with Gasteiger partial charge in [0.15, 0.2) is 5.82 Å². The van der Waals surface area contributed by atoms with Crippen LogP contribution in [-0.4, -0.2) is 20.7 Å². The Hall–Kier alpha value is -1.91. The van der Waals surface area contributed by atoms with Crippen LogP contribution in [0.2, 0.25) is 5.15 Å². The molecule has 2 aromatic heterocycles. The number of nitrogens with one attached hydrogen (secondary N) is 1. The van der Waals surface area contributed by atoms with E-state index in [1.54, 1.807) is 13.1 Å². The summed E-state index contributed by atoms with van der Waals surface area (Å²) in [5, 5.41) is 15.5. The molecule has 0 unspecified atom stereocenters. The molecule has 6 nitrogen and oxygen atoms in total. The van der Waals surface area contributed by atoms with Gasteiger partial charge in [-0.2, -0.15) is 10.4 Å². The number of rotatable bonds is 2. The summed E-state index contributed by atoms with van der Waals surface area (Å²) in [5.41, 5.74) is 0.473. The van der Waals surface area contributed by atoms with Gasteiger partial charge in [0.1, 0.15) is 16.8 Å². The minimum atomic E-state index is -0.478. The first-order valence-electron chi connectivity index (χ1n) is 5.07. The van der Waals surface area contributed by atoms with E-state index in [4.69, 9.17) is 16.9 Å². The van der Waals surface area contributed by atoms with Crippen LogP contribution in [0, 0.1) is 11.3 Å². The summed E-state index contributed by atoms with van der Waals surface area (Å²) in [5.74, 6) is -0.292. The molecule has 1 amide bonds. The Morgan fingerprint density at radius 2 is 2.37 bits per heavy atom. The lowest BCUT2D eigenvalue weighted by Crippen LogP contribution is -2.14. The Morgan fingerprint density at radius 1 is 1.63 bits per heavy atom. The first-order valence-corrected chi connectivity index (χ1v) is 6.24. The number of aromatic nitrogens is 3. The molecular formula is C11H7BrClN5O. The first kappa shape index (κ1) is 13.5. The van der Waals surface area contributed by atoms with Gasteiger partial charge in [-0.3, -0.25) is 9.48 Å². The van der Waals surface area contributed by atoms with Crippen molar-refractivity contribution < 1.29 is 4.79 Å². The van der Waals surface area contributed by atoms with E-state index in [-0.39, 0.29) is 22.1 Å². The van der Waals surface area contributed by atoms with Crippen LogP contribution in [0.25, 0.3) is 0 Å². The van der Waals surface area contributed by atoms with Gasteiger partial charge in [0.05, 0.1) is 5.56 Å². The van der Waals surface area contributed by atoms with Crippen molar-refractivity contribution in [3.05, 3.63) is 39.2 Å². The van der Waals surface area contributed by atoms with E-state index in [0.29, 0.717) is 4.47 Å². The van der Waals surface area contributed by atoms with Crippen molar-refractivity contribution in [3.63, 3.8) is 0 Å². The van der Waals surface area contributed by atoms with Crippen LogP contribution in [0.15, 0.2) is 22.9 Å². The number of carbonyl (C=O) groups excluding carboxylic acids is 1. The van der Waals surface area contributed by atoms with E-state index in [1.807, 2.05) is 6.07 Å². The summed E-state index contributed by atoms with van der Waals surface area (Å²) >= 11 is 9.06. The molecule has 0 bridgehead atoms. The van der Waals surface area contributed by atoms with Crippen molar-refractivity contribution in [3.8, 4) is 6.07 Å². The van der Waals surface area contributed by atoms with Gasteiger partial charge in [0.2, 0.25) is 0 Å². The third-order valence-corrected chi connectivity index (χ3v) is 2.97. The predicted molar refractivity (Wildman–Crippen MR) is 72.8 cm³/mol. The van der Waals surface area contributed by atoms with Crippen LogP contribution in [0.5, 0.6) is 0 Å². The van der Waals surface area contributed by atoms with Crippen molar-refractivity contribution in [1.82, 2.24) is 14.8 Å². The number of hydrogen-bond acceptors (Lipinski definition) is 4. The van der Waals surface area contributed by atoms with E-state index in [1.165, 1.54) is 17.1 Å². The number of nitrogens with zero attached hydrogens (tertiary/aromatic N) is 4. The van der Waals surface area contributed by atoms with Gasteiger partial charge in [-0.15, -0.1) is 0 Å². The van der Waals surface area contributed by atoms with Crippen molar-refractivity contribution >= 4 is 39.3 Å². The molecule has 0 fully saturated rings. The molecule has 0 saturated carbocycles. The van der Waals surface area contributed by atoms with Crippen LogP contribution >= 0.6 is 27.5 Å². The van der Waals surface area contributed by atoms with Crippen LogP contribution in [-0.2, 0) is 7.05 Å². The van der Waals surface area contributed by atoms with E-state index < -0.39 is 5.91 Å². The summed E-state index contributed by atoms with van der Waals surface area (Å²) in [7, 11) is 1.66. The molecule has 96 valence electrons. The van der Waals surface area contributed by atoms with E-state index in [9.17, 15) is 4.79 Å². The lowest BCUT2D eigenvalue weighted by molar-refractivity contribution is 0.102. The summed E-state index contributed by atoms with van der Waals surface area (Å²) < 4.78 is 2.07. The summed E-state index contributed by atoms with van der Waals surface area (Å²) in [6.07, 6.45) is 3.00. The molecule has 0 radical (unpaired) electrons. The zero-order valence-electron chi connectivity index (χ0n) is 9.69. The quantitative estimate of drug-likeness (QED) is 0.851. The fraction of sp³-hybridized carbons (Fsp3) is 0.0909. The van der Waals surface area contributed by atoms with Crippen LogP contribution in [0.1, 0.15) is 15.9 Å². The van der Waals surface area contributed by atoms with Gasteiger partial charge in [-0.1, -0.05) is 11.6 Å². The van der Waals surface area contributed by atoms with E-state index in [2.05, 4.69) is 31.3 Å². The molecule has 0 atom stereocenters. The molecule has 2 rings (SSSR count). The highest BCUT2D eigenvalue weighted by Crippen LogP contribution is 2.20. The largest absolute Gasteiger partial charge is 0.304 e. The number of pyridine rings is 1.